The van der Waals surface area contributed by atoms with Gasteiger partial charge in [0.05, 0.1) is 4.92 Å². The predicted octanol–water partition coefficient (Wildman–Crippen LogP) is 2.06. The van der Waals surface area contributed by atoms with Crippen molar-refractivity contribution < 1.29 is 24.0 Å². The van der Waals surface area contributed by atoms with Gasteiger partial charge in [0, 0.05) is 18.1 Å². The summed E-state index contributed by atoms with van der Waals surface area (Å²) in [5, 5.41) is 16.2. The Hall–Kier alpha value is -3.95. The fourth-order valence-corrected chi connectivity index (χ4v) is 2.99. The van der Waals surface area contributed by atoms with E-state index in [9.17, 15) is 24.5 Å². The largest absolute Gasteiger partial charge is 0.445 e. The minimum absolute atomic E-state index is 0.0285. The molecule has 0 saturated heterocycles. The minimum Gasteiger partial charge on any atom is -0.445 e. The number of benzene rings is 2. The van der Waals surface area contributed by atoms with Crippen LogP contribution in [0.1, 0.15) is 25.0 Å². The highest BCUT2D eigenvalue weighted by Gasteiger charge is 2.29. The zero-order valence-corrected chi connectivity index (χ0v) is 17.8. The maximum absolute atomic E-state index is 12.8. The van der Waals surface area contributed by atoms with E-state index in [-0.39, 0.29) is 30.2 Å². The van der Waals surface area contributed by atoms with Crippen LogP contribution in [0.5, 0.6) is 0 Å². The van der Waals surface area contributed by atoms with Crippen LogP contribution in [-0.4, -0.2) is 34.9 Å². The molecule has 0 unspecified atom stereocenters. The molecule has 2 atom stereocenters. The third-order valence-corrected chi connectivity index (χ3v) is 4.71. The predicted molar refractivity (Wildman–Crippen MR) is 116 cm³/mol. The third kappa shape index (κ3) is 7.08. The lowest BCUT2D eigenvalue weighted by molar-refractivity contribution is -0.385. The van der Waals surface area contributed by atoms with E-state index in [1.807, 2.05) is 18.2 Å². The standard InChI is InChI=1S/C22H26N4O6/c1-14(2)19(25-22(29)32-13-15-8-4-3-5-9-15)21(28)24-17(20(23)27)12-16-10-6-7-11-18(16)26(30)31/h3-11,14,17,19H,12-13H2,1-2H3,(H2,23,27)(H,24,28)(H,25,29)/t17-,19-/m1/s1. The molecular formula is C22H26N4O6. The molecule has 32 heavy (non-hydrogen) atoms. The monoisotopic (exact) mass is 442 g/mol. The summed E-state index contributed by atoms with van der Waals surface area (Å²) in [6.07, 6.45) is -0.960. The molecular weight excluding hydrogens is 416 g/mol. The van der Waals surface area contributed by atoms with E-state index in [1.165, 1.54) is 18.2 Å². The number of carbonyl (C=O) groups is 3. The van der Waals surface area contributed by atoms with Crippen LogP contribution in [0.25, 0.3) is 0 Å². The highest BCUT2D eigenvalue weighted by Crippen LogP contribution is 2.19. The lowest BCUT2D eigenvalue weighted by Gasteiger charge is -2.24. The van der Waals surface area contributed by atoms with Crippen molar-refractivity contribution in [1.82, 2.24) is 10.6 Å². The van der Waals surface area contributed by atoms with Crippen molar-refractivity contribution in [3.05, 3.63) is 75.8 Å². The second-order valence-electron chi connectivity index (χ2n) is 7.48. The Bertz CT molecular complexity index is 964. The summed E-state index contributed by atoms with van der Waals surface area (Å²) >= 11 is 0. The summed E-state index contributed by atoms with van der Waals surface area (Å²) in [4.78, 5) is 47.5. The summed E-state index contributed by atoms with van der Waals surface area (Å²) in [5.74, 6) is -1.84. The summed E-state index contributed by atoms with van der Waals surface area (Å²) in [6.45, 7) is 3.45. The van der Waals surface area contributed by atoms with E-state index < -0.39 is 34.9 Å². The second-order valence-corrected chi connectivity index (χ2v) is 7.48. The summed E-state index contributed by atoms with van der Waals surface area (Å²) in [5.41, 5.74) is 6.26. The lowest BCUT2D eigenvalue weighted by Crippen LogP contribution is -2.55. The number of primary amides is 1. The Morgan fingerprint density at radius 2 is 1.66 bits per heavy atom. The summed E-state index contributed by atoms with van der Waals surface area (Å²) < 4.78 is 5.15. The van der Waals surface area contributed by atoms with Crippen molar-refractivity contribution in [3.63, 3.8) is 0 Å². The molecule has 0 bridgehead atoms. The van der Waals surface area contributed by atoms with Crippen molar-refractivity contribution in [1.29, 1.82) is 0 Å². The molecule has 0 aliphatic heterocycles. The fraction of sp³-hybridized carbons (Fsp3) is 0.318. The average Bonchev–Trinajstić information content (AvgIpc) is 2.76. The zero-order chi connectivity index (χ0) is 23.7. The Morgan fingerprint density at radius 1 is 1.03 bits per heavy atom. The van der Waals surface area contributed by atoms with E-state index >= 15 is 0 Å². The summed E-state index contributed by atoms with van der Waals surface area (Å²) in [7, 11) is 0. The molecule has 0 heterocycles. The first-order chi connectivity index (χ1) is 15.2. The molecule has 0 aliphatic rings. The Balaban J connectivity index is 2.05. The van der Waals surface area contributed by atoms with Crippen LogP contribution in [-0.2, 0) is 27.4 Å². The Kier molecular flexibility index (Phi) is 8.70. The number of carbonyl (C=O) groups excluding carboxylic acids is 3. The Labute approximate surface area is 185 Å². The molecule has 10 nitrogen and oxygen atoms in total. The molecule has 0 radical (unpaired) electrons. The molecule has 10 heteroatoms. The quantitative estimate of drug-likeness (QED) is 0.378. The molecule has 0 aliphatic carbocycles. The van der Waals surface area contributed by atoms with Crippen molar-refractivity contribution >= 4 is 23.6 Å². The second kappa shape index (κ2) is 11.4. The number of hydrogen-bond donors (Lipinski definition) is 3. The van der Waals surface area contributed by atoms with Gasteiger partial charge in [-0.3, -0.25) is 19.7 Å². The molecule has 0 fully saturated rings. The van der Waals surface area contributed by atoms with E-state index in [0.29, 0.717) is 0 Å². The van der Waals surface area contributed by atoms with Crippen molar-refractivity contribution in [2.45, 2.75) is 39.0 Å². The number of nitrogens with zero attached hydrogens (tertiary/aromatic N) is 1. The van der Waals surface area contributed by atoms with Crippen LogP contribution in [0.15, 0.2) is 54.6 Å². The first-order valence-corrected chi connectivity index (χ1v) is 9.98. The highest BCUT2D eigenvalue weighted by molar-refractivity contribution is 5.91. The molecule has 0 saturated carbocycles. The van der Waals surface area contributed by atoms with Crippen LogP contribution in [0, 0.1) is 16.0 Å². The van der Waals surface area contributed by atoms with Gasteiger partial charge in [0.2, 0.25) is 11.8 Å². The van der Waals surface area contributed by atoms with Gasteiger partial charge in [-0.05, 0) is 11.5 Å². The number of nitrogens with one attached hydrogen (secondary N) is 2. The molecule has 2 rings (SSSR count). The van der Waals surface area contributed by atoms with Crippen LogP contribution >= 0.6 is 0 Å². The van der Waals surface area contributed by atoms with Crippen LogP contribution in [0.3, 0.4) is 0 Å². The van der Waals surface area contributed by atoms with Gasteiger partial charge in [-0.15, -0.1) is 0 Å². The number of para-hydroxylation sites is 1. The van der Waals surface area contributed by atoms with Gasteiger partial charge in [0.15, 0.2) is 0 Å². The smallest absolute Gasteiger partial charge is 0.408 e. The summed E-state index contributed by atoms with van der Waals surface area (Å²) in [6, 6.07) is 12.7. The van der Waals surface area contributed by atoms with Gasteiger partial charge in [0.25, 0.3) is 5.69 Å². The van der Waals surface area contributed by atoms with Gasteiger partial charge in [-0.25, -0.2) is 4.79 Å². The number of rotatable bonds is 10. The first-order valence-electron chi connectivity index (χ1n) is 9.98. The molecule has 0 spiro atoms. The fourth-order valence-electron chi connectivity index (χ4n) is 2.99. The van der Waals surface area contributed by atoms with Crippen LogP contribution < -0.4 is 16.4 Å². The van der Waals surface area contributed by atoms with Gasteiger partial charge < -0.3 is 21.1 Å². The molecule has 170 valence electrons. The zero-order valence-electron chi connectivity index (χ0n) is 17.8. The van der Waals surface area contributed by atoms with Gasteiger partial charge in [-0.1, -0.05) is 62.4 Å². The highest BCUT2D eigenvalue weighted by atomic mass is 16.6. The van der Waals surface area contributed by atoms with E-state index in [1.54, 1.807) is 32.0 Å². The first kappa shape index (κ1) is 24.3. The normalized spacial score (nSPS) is 12.5. The molecule has 4 N–H and O–H groups in total. The third-order valence-electron chi connectivity index (χ3n) is 4.71. The van der Waals surface area contributed by atoms with E-state index in [4.69, 9.17) is 10.5 Å². The molecule has 0 aromatic heterocycles. The Morgan fingerprint density at radius 3 is 2.25 bits per heavy atom. The topological polar surface area (TPSA) is 154 Å². The minimum atomic E-state index is -1.20. The molecule has 2 aromatic rings. The van der Waals surface area contributed by atoms with Gasteiger partial charge in [0.1, 0.15) is 18.7 Å². The van der Waals surface area contributed by atoms with E-state index in [2.05, 4.69) is 10.6 Å². The molecule has 2 aromatic carbocycles. The van der Waals surface area contributed by atoms with Gasteiger partial charge >= 0.3 is 6.09 Å². The number of nitro groups is 1. The number of amides is 3. The average molecular weight is 442 g/mol. The number of ether oxygens (including phenoxy) is 1. The van der Waals surface area contributed by atoms with Crippen LogP contribution in [0.2, 0.25) is 0 Å². The number of nitro benzene ring substituents is 1. The van der Waals surface area contributed by atoms with Crippen LogP contribution in [0.4, 0.5) is 10.5 Å². The maximum Gasteiger partial charge on any atom is 0.408 e. The number of hydrogen-bond acceptors (Lipinski definition) is 6. The lowest BCUT2D eigenvalue weighted by atomic mass is 10.0. The SMILES string of the molecule is CC(C)[C@@H](NC(=O)OCc1ccccc1)C(=O)N[C@H](Cc1ccccc1[N+](=O)[O-])C(N)=O. The van der Waals surface area contributed by atoms with Gasteiger partial charge in [-0.2, -0.15) is 0 Å². The van der Waals surface area contributed by atoms with Crippen molar-refractivity contribution in [2.24, 2.45) is 11.7 Å². The number of alkyl carbamates (subject to hydrolysis) is 1. The maximum atomic E-state index is 12.8. The molecule has 3 amide bonds. The van der Waals surface area contributed by atoms with Crippen molar-refractivity contribution in [3.8, 4) is 0 Å². The van der Waals surface area contributed by atoms with E-state index in [0.717, 1.165) is 5.56 Å². The number of nitrogens with two attached hydrogens (primary N) is 1. The van der Waals surface area contributed by atoms with Crippen molar-refractivity contribution in [2.75, 3.05) is 0 Å².